The third-order valence-electron chi connectivity index (χ3n) is 4.03. The maximum atomic E-state index is 2.58. The predicted octanol–water partition coefficient (Wildman–Crippen LogP) is 4.87. The van der Waals surface area contributed by atoms with Crippen molar-refractivity contribution in [3.63, 3.8) is 0 Å². The van der Waals surface area contributed by atoms with E-state index in [-0.39, 0.29) is 0 Å². The molecular weight excluding hydrogens is 180 g/mol. The van der Waals surface area contributed by atoms with Crippen molar-refractivity contribution < 1.29 is 0 Å². The number of rotatable bonds is 1. The van der Waals surface area contributed by atoms with Gasteiger partial charge in [-0.2, -0.15) is 0 Å². The predicted molar refractivity (Wildman–Crippen MR) is 66.8 cm³/mol. The SMILES string of the molecule is CC1=CCC(C2=CC(C)(C)CCC2)CC1. The smallest absolute Gasteiger partial charge is 0.0165 e. The Labute approximate surface area is 94.5 Å². The van der Waals surface area contributed by atoms with Gasteiger partial charge in [0.1, 0.15) is 0 Å². The standard InChI is InChI=1S/C15H24/c1-12-6-8-13(9-7-12)14-5-4-10-15(2,3)11-14/h6,11,13H,4-5,7-10H2,1-3H3. The molecule has 0 spiro atoms. The summed E-state index contributed by atoms with van der Waals surface area (Å²) in [5, 5.41) is 0. The zero-order valence-electron chi connectivity index (χ0n) is 10.5. The Balaban J connectivity index is 2.08. The fourth-order valence-electron chi connectivity index (χ4n) is 3.02. The minimum absolute atomic E-state index is 0.462. The van der Waals surface area contributed by atoms with Gasteiger partial charge < -0.3 is 0 Å². The second kappa shape index (κ2) is 4.15. The molecule has 0 amide bonds. The Bertz CT molecular complexity index is 291. The van der Waals surface area contributed by atoms with E-state index in [0.29, 0.717) is 5.41 Å². The normalized spacial score (nSPS) is 30.7. The third kappa shape index (κ3) is 2.74. The van der Waals surface area contributed by atoms with Crippen molar-refractivity contribution in [2.24, 2.45) is 11.3 Å². The molecule has 0 heterocycles. The first kappa shape index (κ1) is 11.0. The molecule has 2 rings (SSSR count). The van der Waals surface area contributed by atoms with E-state index >= 15 is 0 Å². The Morgan fingerprint density at radius 1 is 1.27 bits per heavy atom. The van der Waals surface area contributed by atoms with Gasteiger partial charge in [-0.05, 0) is 56.8 Å². The van der Waals surface area contributed by atoms with Gasteiger partial charge in [0.15, 0.2) is 0 Å². The minimum Gasteiger partial charge on any atom is -0.0850 e. The van der Waals surface area contributed by atoms with Gasteiger partial charge in [-0.25, -0.2) is 0 Å². The highest BCUT2D eigenvalue weighted by molar-refractivity contribution is 5.18. The molecule has 0 aliphatic heterocycles. The van der Waals surface area contributed by atoms with Crippen molar-refractivity contribution in [3.8, 4) is 0 Å². The lowest BCUT2D eigenvalue weighted by Gasteiger charge is -2.32. The van der Waals surface area contributed by atoms with Gasteiger partial charge in [-0.15, -0.1) is 0 Å². The summed E-state index contributed by atoms with van der Waals surface area (Å²) in [7, 11) is 0. The highest BCUT2D eigenvalue weighted by Gasteiger charge is 2.25. The summed E-state index contributed by atoms with van der Waals surface area (Å²) in [6.07, 6.45) is 13.2. The van der Waals surface area contributed by atoms with E-state index in [1.807, 2.05) is 0 Å². The molecule has 0 saturated carbocycles. The van der Waals surface area contributed by atoms with Crippen LogP contribution in [-0.4, -0.2) is 0 Å². The molecule has 84 valence electrons. The van der Waals surface area contributed by atoms with Gasteiger partial charge in [0.2, 0.25) is 0 Å². The lowest BCUT2D eigenvalue weighted by atomic mass is 9.73. The Morgan fingerprint density at radius 3 is 2.67 bits per heavy atom. The van der Waals surface area contributed by atoms with Crippen molar-refractivity contribution in [1.82, 2.24) is 0 Å². The molecular formula is C15H24. The van der Waals surface area contributed by atoms with Crippen molar-refractivity contribution >= 4 is 0 Å². The molecule has 0 aromatic rings. The van der Waals surface area contributed by atoms with Crippen LogP contribution < -0.4 is 0 Å². The monoisotopic (exact) mass is 204 g/mol. The lowest BCUT2D eigenvalue weighted by Crippen LogP contribution is -2.18. The molecule has 0 aromatic carbocycles. The summed E-state index contributed by atoms with van der Waals surface area (Å²) in [4.78, 5) is 0. The first-order valence-electron chi connectivity index (χ1n) is 6.44. The fraction of sp³-hybridized carbons (Fsp3) is 0.733. The summed E-state index contributed by atoms with van der Waals surface area (Å²) in [6, 6.07) is 0. The highest BCUT2D eigenvalue weighted by atomic mass is 14.3. The summed E-state index contributed by atoms with van der Waals surface area (Å²) >= 11 is 0. The van der Waals surface area contributed by atoms with Crippen molar-refractivity contribution in [2.75, 3.05) is 0 Å². The van der Waals surface area contributed by atoms with E-state index in [2.05, 4.69) is 32.9 Å². The van der Waals surface area contributed by atoms with Crippen LogP contribution in [0.5, 0.6) is 0 Å². The van der Waals surface area contributed by atoms with E-state index in [0.717, 1.165) is 5.92 Å². The lowest BCUT2D eigenvalue weighted by molar-refractivity contribution is 0.373. The molecule has 15 heavy (non-hydrogen) atoms. The molecule has 0 heteroatoms. The highest BCUT2D eigenvalue weighted by Crippen LogP contribution is 2.39. The van der Waals surface area contributed by atoms with Crippen LogP contribution in [0.2, 0.25) is 0 Å². The van der Waals surface area contributed by atoms with Gasteiger partial charge in [-0.1, -0.05) is 37.1 Å². The number of hydrogen-bond donors (Lipinski definition) is 0. The largest absolute Gasteiger partial charge is 0.0850 e. The molecule has 2 aliphatic carbocycles. The van der Waals surface area contributed by atoms with Crippen molar-refractivity contribution in [2.45, 2.75) is 59.3 Å². The van der Waals surface area contributed by atoms with Crippen molar-refractivity contribution in [1.29, 1.82) is 0 Å². The van der Waals surface area contributed by atoms with Crippen LogP contribution in [0.3, 0.4) is 0 Å². The first-order valence-corrected chi connectivity index (χ1v) is 6.44. The van der Waals surface area contributed by atoms with Crippen LogP contribution in [0.4, 0.5) is 0 Å². The van der Waals surface area contributed by atoms with Crippen LogP contribution in [-0.2, 0) is 0 Å². The van der Waals surface area contributed by atoms with E-state index < -0.39 is 0 Å². The van der Waals surface area contributed by atoms with Crippen LogP contribution in [0, 0.1) is 11.3 Å². The second-order valence-corrected chi connectivity index (χ2v) is 6.08. The average molecular weight is 204 g/mol. The van der Waals surface area contributed by atoms with Gasteiger partial charge in [0.25, 0.3) is 0 Å². The number of hydrogen-bond acceptors (Lipinski definition) is 0. The molecule has 1 atom stereocenters. The minimum atomic E-state index is 0.462. The maximum Gasteiger partial charge on any atom is -0.0165 e. The summed E-state index contributed by atoms with van der Waals surface area (Å²) in [5.41, 5.74) is 3.82. The van der Waals surface area contributed by atoms with Gasteiger partial charge in [0, 0.05) is 0 Å². The van der Waals surface area contributed by atoms with Crippen LogP contribution >= 0.6 is 0 Å². The van der Waals surface area contributed by atoms with E-state index in [4.69, 9.17) is 0 Å². The maximum absolute atomic E-state index is 2.58. The molecule has 0 N–H and O–H groups in total. The molecule has 0 saturated heterocycles. The molecule has 0 nitrogen and oxygen atoms in total. The zero-order chi connectivity index (χ0) is 10.9. The first-order chi connectivity index (χ1) is 7.07. The van der Waals surface area contributed by atoms with Crippen LogP contribution in [0.15, 0.2) is 23.3 Å². The van der Waals surface area contributed by atoms with E-state index in [9.17, 15) is 0 Å². The van der Waals surface area contributed by atoms with Gasteiger partial charge >= 0.3 is 0 Å². The fourth-order valence-corrected chi connectivity index (χ4v) is 3.02. The molecule has 0 aromatic heterocycles. The van der Waals surface area contributed by atoms with Crippen LogP contribution in [0.1, 0.15) is 59.3 Å². The average Bonchev–Trinajstić information content (AvgIpc) is 2.17. The summed E-state index contributed by atoms with van der Waals surface area (Å²) < 4.78 is 0. The topological polar surface area (TPSA) is 0 Å². The Morgan fingerprint density at radius 2 is 2.07 bits per heavy atom. The van der Waals surface area contributed by atoms with Crippen molar-refractivity contribution in [3.05, 3.63) is 23.3 Å². The summed E-state index contributed by atoms with van der Waals surface area (Å²) in [6.45, 7) is 7.04. The van der Waals surface area contributed by atoms with Gasteiger partial charge in [0.05, 0.1) is 0 Å². The van der Waals surface area contributed by atoms with E-state index in [1.165, 1.54) is 38.5 Å². The Kier molecular flexibility index (Phi) is 3.04. The zero-order valence-corrected chi connectivity index (χ0v) is 10.5. The molecule has 1 unspecified atom stereocenters. The molecule has 0 fully saturated rings. The van der Waals surface area contributed by atoms with E-state index in [1.54, 1.807) is 11.1 Å². The summed E-state index contributed by atoms with van der Waals surface area (Å²) in [5.74, 6) is 0.869. The molecule has 2 aliphatic rings. The van der Waals surface area contributed by atoms with Gasteiger partial charge in [-0.3, -0.25) is 0 Å². The quantitative estimate of drug-likeness (QED) is 0.535. The Hall–Kier alpha value is -0.520. The molecule has 0 bridgehead atoms. The molecule has 0 radical (unpaired) electrons. The second-order valence-electron chi connectivity index (χ2n) is 6.08. The number of allylic oxidation sites excluding steroid dienone is 4. The van der Waals surface area contributed by atoms with Crippen LogP contribution in [0.25, 0.3) is 0 Å². The third-order valence-corrected chi connectivity index (χ3v) is 4.03.